The summed E-state index contributed by atoms with van der Waals surface area (Å²) < 4.78 is 2.08. The van der Waals surface area contributed by atoms with E-state index >= 15 is 0 Å². The normalized spacial score (nSPS) is 11.4. The zero-order valence-corrected chi connectivity index (χ0v) is 10.3. The molecule has 0 unspecified atom stereocenters. The number of nitrogens with two attached hydrogens (primary N) is 1. The number of rotatable bonds is 2. The number of nitrogens with zero attached hydrogens (tertiary/aromatic N) is 3. The minimum Gasteiger partial charge on any atom is -0.325 e. The number of aromatic nitrogens is 3. The van der Waals surface area contributed by atoms with Gasteiger partial charge < -0.3 is 5.73 Å². The molecule has 0 aliphatic carbocycles. The maximum absolute atomic E-state index is 5.57. The molecule has 16 heavy (non-hydrogen) atoms. The first-order chi connectivity index (χ1) is 7.79. The lowest BCUT2D eigenvalue weighted by atomic mass is 10.3. The van der Waals surface area contributed by atoms with Crippen molar-refractivity contribution >= 4 is 27.6 Å². The first kappa shape index (κ1) is 9.95. The second kappa shape index (κ2) is 3.65. The number of hydrogen-bond donors (Lipinski definition) is 1. The van der Waals surface area contributed by atoms with Crippen LogP contribution < -0.4 is 5.73 Å². The van der Waals surface area contributed by atoms with Crippen molar-refractivity contribution in [3.63, 3.8) is 0 Å². The smallest absolute Gasteiger partial charge is 0.194 e. The van der Waals surface area contributed by atoms with Gasteiger partial charge in [-0.3, -0.25) is 4.40 Å². The Morgan fingerprint density at radius 1 is 1.38 bits per heavy atom. The van der Waals surface area contributed by atoms with Crippen molar-refractivity contribution < 1.29 is 0 Å². The molecule has 0 atom stereocenters. The largest absolute Gasteiger partial charge is 0.325 e. The molecule has 0 bridgehead atoms. The minimum atomic E-state index is 0.487. The molecule has 0 amide bonds. The molecule has 6 heteroatoms. The van der Waals surface area contributed by atoms with Crippen molar-refractivity contribution in [1.82, 2.24) is 14.4 Å². The fraction of sp³-hybridized carbons (Fsp3) is 0.200. The summed E-state index contributed by atoms with van der Waals surface area (Å²) in [4.78, 5) is 10.0. The Morgan fingerprint density at radius 3 is 3.00 bits per heavy atom. The molecule has 3 aromatic rings. The fourth-order valence-electron chi connectivity index (χ4n) is 1.66. The lowest BCUT2D eigenvalue weighted by Gasteiger charge is -1.95. The van der Waals surface area contributed by atoms with Crippen LogP contribution in [0.3, 0.4) is 0 Å². The Balaban J connectivity index is 2.23. The lowest BCUT2D eigenvalue weighted by molar-refractivity contribution is 1.01. The average molecular weight is 250 g/mol. The Bertz CT molecular complexity index is 634. The molecule has 0 radical (unpaired) electrons. The molecule has 3 heterocycles. The van der Waals surface area contributed by atoms with Gasteiger partial charge in [-0.05, 0) is 6.92 Å². The number of hydrogen-bond acceptors (Lipinski definition) is 5. The zero-order valence-electron chi connectivity index (χ0n) is 8.67. The van der Waals surface area contributed by atoms with E-state index in [9.17, 15) is 0 Å². The monoisotopic (exact) mass is 250 g/mol. The SMILES string of the molecule is Cc1nc2sccn2c1-c1nc(CN)cs1. The maximum Gasteiger partial charge on any atom is 0.194 e. The van der Waals surface area contributed by atoms with Crippen LogP contribution in [0.2, 0.25) is 0 Å². The van der Waals surface area contributed by atoms with Crippen LogP contribution in [-0.4, -0.2) is 14.4 Å². The average Bonchev–Trinajstić information content (AvgIpc) is 2.92. The van der Waals surface area contributed by atoms with E-state index in [0.717, 1.165) is 27.1 Å². The van der Waals surface area contributed by atoms with Crippen molar-refractivity contribution in [2.75, 3.05) is 0 Å². The number of thiazole rings is 2. The Labute approximate surface area is 100 Å². The molecule has 3 rings (SSSR count). The van der Waals surface area contributed by atoms with Gasteiger partial charge >= 0.3 is 0 Å². The van der Waals surface area contributed by atoms with Crippen molar-refractivity contribution in [2.24, 2.45) is 5.73 Å². The molecule has 4 nitrogen and oxygen atoms in total. The Kier molecular flexibility index (Phi) is 2.27. The Hall–Kier alpha value is -1.24. The lowest BCUT2D eigenvalue weighted by Crippen LogP contribution is -1.96. The summed E-state index contributed by atoms with van der Waals surface area (Å²) in [5, 5.41) is 5.02. The van der Waals surface area contributed by atoms with E-state index in [1.54, 1.807) is 22.7 Å². The van der Waals surface area contributed by atoms with Gasteiger partial charge in [0, 0.05) is 23.5 Å². The van der Waals surface area contributed by atoms with Gasteiger partial charge in [0.1, 0.15) is 10.7 Å². The van der Waals surface area contributed by atoms with E-state index in [0.29, 0.717) is 6.54 Å². The highest BCUT2D eigenvalue weighted by atomic mass is 32.1. The molecular formula is C10H10N4S2. The van der Waals surface area contributed by atoms with Gasteiger partial charge in [-0.2, -0.15) is 0 Å². The van der Waals surface area contributed by atoms with E-state index in [2.05, 4.69) is 14.4 Å². The summed E-state index contributed by atoms with van der Waals surface area (Å²) in [6.07, 6.45) is 2.03. The molecule has 0 aliphatic rings. The molecule has 0 saturated carbocycles. The molecule has 0 spiro atoms. The first-order valence-electron chi connectivity index (χ1n) is 4.86. The van der Waals surface area contributed by atoms with Crippen LogP contribution in [0.4, 0.5) is 0 Å². The van der Waals surface area contributed by atoms with Crippen molar-refractivity contribution in [3.8, 4) is 10.7 Å². The van der Waals surface area contributed by atoms with Gasteiger partial charge in [0.05, 0.1) is 11.4 Å². The van der Waals surface area contributed by atoms with Crippen LogP contribution in [0.25, 0.3) is 15.7 Å². The van der Waals surface area contributed by atoms with Crippen LogP contribution in [0, 0.1) is 6.92 Å². The Morgan fingerprint density at radius 2 is 2.25 bits per heavy atom. The van der Waals surface area contributed by atoms with Gasteiger partial charge in [0.2, 0.25) is 0 Å². The maximum atomic E-state index is 5.57. The zero-order chi connectivity index (χ0) is 11.1. The quantitative estimate of drug-likeness (QED) is 0.759. The van der Waals surface area contributed by atoms with Crippen molar-refractivity contribution in [2.45, 2.75) is 13.5 Å². The summed E-state index contributed by atoms with van der Waals surface area (Å²) in [5.74, 6) is 0. The fourth-order valence-corrected chi connectivity index (χ4v) is 3.34. The third kappa shape index (κ3) is 1.38. The number of imidazole rings is 1. The third-order valence-corrected chi connectivity index (χ3v) is 4.05. The molecule has 0 aliphatic heterocycles. The van der Waals surface area contributed by atoms with Crippen LogP contribution in [0.1, 0.15) is 11.4 Å². The third-order valence-electron chi connectivity index (χ3n) is 2.40. The van der Waals surface area contributed by atoms with Crippen molar-refractivity contribution in [3.05, 3.63) is 28.3 Å². The van der Waals surface area contributed by atoms with E-state index in [1.165, 1.54) is 0 Å². The van der Waals surface area contributed by atoms with E-state index in [4.69, 9.17) is 5.73 Å². The first-order valence-corrected chi connectivity index (χ1v) is 6.62. The summed E-state index contributed by atoms with van der Waals surface area (Å²) in [5.41, 5.74) is 8.61. The van der Waals surface area contributed by atoms with Crippen LogP contribution in [0.15, 0.2) is 17.0 Å². The minimum absolute atomic E-state index is 0.487. The topological polar surface area (TPSA) is 56.2 Å². The molecule has 0 fully saturated rings. The molecule has 82 valence electrons. The summed E-state index contributed by atoms with van der Waals surface area (Å²) >= 11 is 3.25. The number of fused-ring (bicyclic) bond motifs is 1. The number of aryl methyl sites for hydroxylation is 1. The second-order valence-corrected chi connectivity index (χ2v) is 5.18. The summed E-state index contributed by atoms with van der Waals surface area (Å²) in [7, 11) is 0. The van der Waals surface area contributed by atoms with Crippen LogP contribution in [0.5, 0.6) is 0 Å². The van der Waals surface area contributed by atoms with Gasteiger partial charge in [-0.1, -0.05) is 0 Å². The highest BCUT2D eigenvalue weighted by molar-refractivity contribution is 7.15. The van der Waals surface area contributed by atoms with Gasteiger partial charge in [0.25, 0.3) is 0 Å². The standard InChI is InChI=1S/C10H10N4S2/c1-6-8(9-13-7(4-11)5-16-9)14-2-3-15-10(14)12-6/h2-3,5H,4,11H2,1H3. The second-order valence-electron chi connectivity index (χ2n) is 3.45. The summed E-state index contributed by atoms with van der Waals surface area (Å²) in [6, 6.07) is 0. The van der Waals surface area contributed by atoms with E-state index < -0.39 is 0 Å². The van der Waals surface area contributed by atoms with E-state index in [1.807, 2.05) is 23.9 Å². The highest BCUT2D eigenvalue weighted by Crippen LogP contribution is 2.29. The van der Waals surface area contributed by atoms with Gasteiger partial charge in [-0.15, -0.1) is 22.7 Å². The predicted octanol–water partition coefficient (Wildman–Crippen LogP) is 2.29. The van der Waals surface area contributed by atoms with Crippen molar-refractivity contribution in [1.29, 1.82) is 0 Å². The molecule has 0 saturated heterocycles. The highest BCUT2D eigenvalue weighted by Gasteiger charge is 2.14. The van der Waals surface area contributed by atoms with Gasteiger partial charge in [0.15, 0.2) is 4.96 Å². The van der Waals surface area contributed by atoms with E-state index in [-0.39, 0.29) is 0 Å². The molecule has 3 aromatic heterocycles. The summed E-state index contributed by atoms with van der Waals surface area (Å²) in [6.45, 7) is 2.50. The van der Waals surface area contributed by atoms with Crippen LogP contribution >= 0.6 is 22.7 Å². The predicted molar refractivity (Wildman–Crippen MR) is 66.8 cm³/mol. The van der Waals surface area contributed by atoms with Crippen LogP contribution in [-0.2, 0) is 6.54 Å². The van der Waals surface area contributed by atoms with Gasteiger partial charge in [-0.25, -0.2) is 9.97 Å². The molecule has 2 N–H and O–H groups in total. The molecular weight excluding hydrogens is 240 g/mol. The molecule has 0 aromatic carbocycles.